The Morgan fingerprint density at radius 2 is 2.18 bits per heavy atom. The molecule has 96 valence electrons. The lowest BCUT2D eigenvalue weighted by Crippen LogP contribution is -2.47. The van der Waals surface area contributed by atoms with Crippen molar-refractivity contribution in [3.8, 4) is 0 Å². The number of nitrogens with zero attached hydrogens (tertiary/aromatic N) is 1. The third kappa shape index (κ3) is 4.19. The molecule has 2 rings (SSSR count). The number of morpholine rings is 1. The van der Waals surface area contributed by atoms with Crippen molar-refractivity contribution in [3.05, 3.63) is 29.8 Å². The minimum atomic E-state index is -0.0292. The highest BCUT2D eigenvalue weighted by atomic mass is 35.5. The van der Waals surface area contributed by atoms with E-state index in [-0.39, 0.29) is 18.0 Å². The van der Waals surface area contributed by atoms with E-state index >= 15 is 0 Å². The fraction of sp³-hybridized carbons (Fsp3) is 0.538. The first-order chi connectivity index (χ1) is 7.55. The lowest BCUT2D eigenvalue weighted by molar-refractivity contribution is -0.0882. The first-order valence-corrected chi connectivity index (χ1v) is 5.76. The third-order valence-corrected chi connectivity index (χ3v) is 2.86. The summed E-state index contributed by atoms with van der Waals surface area (Å²) in [5.74, 6) is 0. The zero-order valence-electron chi connectivity index (χ0n) is 10.5. The van der Waals surface area contributed by atoms with Crippen molar-refractivity contribution in [2.45, 2.75) is 26.0 Å². The van der Waals surface area contributed by atoms with Gasteiger partial charge in [0.25, 0.3) is 0 Å². The van der Waals surface area contributed by atoms with Crippen LogP contribution in [-0.2, 0) is 11.3 Å². The van der Waals surface area contributed by atoms with Gasteiger partial charge in [-0.2, -0.15) is 0 Å². The molecule has 3 nitrogen and oxygen atoms in total. The van der Waals surface area contributed by atoms with Crippen molar-refractivity contribution >= 4 is 18.1 Å². The molecule has 4 heteroatoms. The SMILES string of the molecule is CC1(C)CN(Cc2cccc(N)c2)CCO1.Cl. The maximum absolute atomic E-state index is 5.77. The summed E-state index contributed by atoms with van der Waals surface area (Å²) in [5, 5.41) is 0. The molecular formula is C13H21ClN2O. The van der Waals surface area contributed by atoms with E-state index in [1.165, 1.54) is 5.56 Å². The summed E-state index contributed by atoms with van der Waals surface area (Å²) in [6.07, 6.45) is 0. The van der Waals surface area contributed by atoms with Gasteiger partial charge < -0.3 is 10.5 Å². The number of benzene rings is 1. The molecule has 0 radical (unpaired) electrons. The molecule has 1 saturated heterocycles. The van der Waals surface area contributed by atoms with Crippen LogP contribution in [0.15, 0.2) is 24.3 Å². The van der Waals surface area contributed by atoms with Crippen LogP contribution in [-0.4, -0.2) is 30.2 Å². The number of rotatable bonds is 2. The van der Waals surface area contributed by atoms with Gasteiger partial charge in [0.05, 0.1) is 12.2 Å². The molecule has 1 heterocycles. The van der Waals surface area contributed by atoms with Crippen LogP contribution in [0.4, 0.5) is 5.69 Å². The van der Waals surface area contributed by atoms with Crippen molar-refractivity contribution in [1.29, 1.82) is 0 Å². The third-order valence-electron chi connectivity index (χ3n) is 2.86. The molecule has 1 fully saturated rings. The Hall–Kier alpha value is -0.770. The Morgan fingerprint density at radius 3 is 2.82 bits per heavy atom. The Morgan fingerprint density at radius 1 is 1.41 bits per heavy atom. The fourth-order valence-electron chi connectivity index (χ4n) is 2.20. The minimum Gasteiger partial charge on any atom is -0.399 e. The second-order valence-corrected chi connectivity index (χ2v) is 5.06. The average molecular weight is 257 g/mol. The van der Waals surface area contributed by atoms with Gasteiger partial charge in [0.15, 0.2) is 0 Å². The smallest absolute Gasteiger partial charge is 0.0753 e. The molecule has 17 heavy (non-hydrogen) atoms. The number of hydrogen-bond acceptors (Lipinski definition) is 3. The van der Waals surface area contributed by atoms with Crippen LogP contribution in [0.3, 0.4) is 0 Å². The van der Waals surface area contributed by atoms with Crippen molar-refractivity contribution in [2.75, 3.05) is 25.4 Å². The molecular weight excluding hydrogens is 236 g/mol. The van der Waals surface area contributed by atoms with Gasteiger partial charge in [-0.3, -0.25) is 4.90 Å². The van der Waals surface area contributed by atoms with E-state index in [0.29, 0.717) is 0 Å². The summed E-state index contributed by atoms with van der Waals surface area (Å²) >= 11 is 0. The highest BCUT2D eigenvalue weighted by Crippen LogP contribution is 2.19. The number of halogens is 1. The van der Waals surface area contributed by atoms with E-state index in [1.807, 2.05) is 18.2 Å². The molecule has 0 saturated carbocycles. The summed E-state index contributed by atoms with van der Waals surface area (Å²) in [6, 6.07) is 8.10. The Balaban J connectivity index is 0.00000144. The van der Waals surface area contributed by atoms with Gasteiger partial charge in [-0.1, -0.05) is 12.1 Å². The molecule has 0 aromatic heterocycles. The maximum atomic E-state index is 5.77. The van der Waals surface area contributed by atoms with Crippen LogP contribution in [0.25, 0.3) is 0 Å². The molecule has 0 amide bonds. The molecule has 0 bridgehead atoms. The van der Waals surface area contributed by atoms with Crippen LogP contribution in [0.2, 0.25) is 0 Å². The van der Waals surface area contributed by atoms with Crippen LogP contribution in [0, 0.1) is 0 Å². The van der Waals surface area contributed by atoms with Gasteiger partial charge in [0, 0.05) is 25.3 Å². The highest BCUT2D eigenvalue weighted by Gasteiger charge is 2.26. The summed E-state index contributed by atoms with van der Waals surface area (Å²) in [4.78, 5) is 2.41. The Labute approximate surface area is 109 Å². The van der Waals surface area contributed by atoms with Crippen molar-refractivity contribution in [2.24, 2.45) is 0 Å². The van der Waals surface area contributed by atoms with Crippen LogP contribution in [0.1, 0.15) is 19.4 Å². The van der Waals surface area contributed by atoms with E-state index in [4.69, 9.17) is 10.5 Å². The number of nitrogens with two attached hydrogens (primary N) is 1. The molecule has 1 aromatic rings. The summed E-state index contributed by atoms with van der Waals surface area (Å²) in [6.45, 7) is 8.02. The predicted octanol–water partition coefficient (Wildman–Crippen LogP) is 2.30. The predicted molar refractivity (Wildman–Crippen MR) is 73.4 cm³/mol. The average Bonchev–Trinajstić information content (AvgIpc) is 2.15. The summed E-state index contributed by atoms with van der Waals surface area (Å²) in [7, 11) is 0. The molecule has 0 spiro atoms. The first-order valence-electron chi connectivity index (χ1n) is 5.76. The number of ether oxygens (including phenoxy) is 1. The maximum Gasteiger partial charge on any atom is 0.0753 e. The molecule has 1 aromatic carbocycles. The zero-order chi connectivity index (χ0) is 11.6. The van der Waals surface area contributed by atoms with E-state index in [2.05, 4.69) is 24.8 Å². The Kier molecular flexibility index (Phi) is 4.80. The molecule has 2 N–H and O–H groups in total. The molecule has 0 aliphatic carbocycles. The lowest BCUT2D eigenvalue weighted by Gasteiger charge is -2.38. The summed E-state index contributed by atoms with van der Waals surface area (Å²) in [5.41, 5.74) is 7.86. The zero-order valence-corrected chi connectivity index (χ0v) is 11.3. The highest BCUT2D eigenvalue weighted by molar-refractivity contribution is 5.85. The van der Waals surface area contributed by atoms with Gasteiger partial charge in [-0.25, -0.2) is 0 Å². The monoisotopic (exact) mass is 256 g/mol. The second-order valence-electron chi connectivity index (χ2n) is 5.06. The van der Waals surface area contributed by atoms with Crippen LogP contribution in [0.5, 0.6) is 0 Å². The van der Waals surface area contributed by atoms with Gasteiger partial charge >= 0.3 is 0 Å². The van der Waals surface area contributed by atoms with Crippen molar-refractivity contribution in [1.82, 2.24) is 4.90 Å². The number of nitrogen functional groups attached to an aromatic ring is 1. The van der Waals surface area contributed by atoms with E-state index < -0.39 is 0 Å². The molecule has 0 unspecified atom stereocenters. The fourth-order valence-corrected chi connectivity index (χ4v) is 2.20. The normalized spacial score (nSPS) is 19.6. The quantitative estimate of drug-likeness (QED) is 0.826. The number of hydrogen-bond donors (Lipinski definition) is 1. The molecule has 0 atom stereocenters. The molecule has 1 aliphatic heterocycles. The lowest BCUT2D eigenvalue weighted by atomic mass is 10.1. The minimum absolute atomic E-state index is 0. The van der Waals surface area contributed by atoms with Gasteiger partial charge in [-0.05, 0) is 31.5 Å². The van der Waals surface area contributed by atoms with E-state index in [9.17, 15) is 0 Å². The largest absolute Gasteiger partial charge is 0.399 e. The summed E-state index contributed by atoms with van der Waals surface area (Å²) < 4.78 is 5.69. The second kappa shape index (κ2) is 5.71. The first kappa shape index (κ1) is 14.3. The number of anilines is 1. The topological polar surface area (TPSA) is 38.5 Å². The van der Waals surface area contributed by atoms with Crippen molar-refractivity contribution < 1.29 is 4.74 Å². The van der Waals surface area contributed by atoms with Gasteiger partial charge in [-0.15, -0.1) is 12.4 Å². The van der Waals surface area contributed by atoms with Crippen LogP contribution < -0.4 is 5.73 Å². The Bertz CT molecular complexity index is 368. The standard InChI is InChI=1S/C13H20N2O.ClH/c1-13(2)10-15(6-7-16-13)9-11-4-3-5-12(14)8-11;/h3-5,8H,6-7,9-10,14H2,1-2H3;1H. The van der Waals surface area contributed by atoms with Crippen LogP contribution >= 0.6 is 12.4 Å². The van der Waals surface area contributed by atoms with Crippen molar-refractivity contribution in [3.63, 3.8) is 0 Å². The van der Waals surface area contributed by atoms with Gasteiger partial charge in [0.2, 0.25) is 0 Å². The van der Waals surface area contributed by atoms with E-state index in [0.717, 1.165) is 31.9 Å². The van der Waals surface area contributed by atoms with E-state index in [1.54, 1.807) is 0 Å². The van der Waals surface area contributed by atoms with Gasteiger partial charge in [0.1, 0.15) is 0 Å². The molecule has 1 aliphatic rings.